The van der Waals surface area contributed by atoms with Gasteiger partial charge in [0, 0.05) is 31.2 Å². The van der Waals surface area contributed by atoms with E-state index in [0.29, 0.717) is 6.04 Å². The highest BCUT2D eigenvalue weighted by Gasteiger charge is 2.19. The summed E-state index contributed by atoms with van der Waals surface area (Å²) in [6.45, 7) is 8.76. The molecule has 1 N–H and O–H groups in total. The summed E-state index contributed by atoms with van der Waals surface area (Å²) in [5.74, 6) is 2.08. The molecule has 0 saturated heterocycles. The summed E-state index contributed by atoms with van der Waals surface area (Å²) < 4.78 is 7.76. The van der Waals surface area contributed by atoms with Crippen LogP contribution >= 0.6 is 0 Å². The molecule has 6 heteroatoms. The summed E-state index contributed by atoms with van der Waals surface area (Å²) >= 11 is 0. The summed E-state index contributed by atoms with van der Waals surface area (Å²) in [6.07, 6.45) is 3.58. The molecule has 0 fully saturated rings. The van der Waals surface area contributed by atoms with Gasteiger partial charge in [-0.15, -0.1) is 10.2 Å². The van der Waals surface area contributed by atoms with Crippen LogP contribution in [0, 0.1) is 0 Å². The Morgan fingerprint density at radius 1 is 1.40 bits per heavy atom. The predicted molar refractivity (Wildman–Crippen MR) is 74.8 cm³/mol. The normalized spacial score (nSPS) is 15.8. The molecule has 108 valence electrons. The van der Waals surface area contributed by atoms with Gasteiger partial charge in [-0.25, -0.2) is 0 Å². The van der Waals surface area contributed by atoms with Crippen molar-refractivity contribution in [2.75, 3.05) is 6.54 Å². The highest BCUT2D eigenvalue weighted by atomic mass is 16.3. The summed E-state index contributed by atoms with van der Waals surface area (Å²) in [5.41, 5.74) is 1.24. The van der Waals surface area contributed by atoms with Crippen LogP contribution in [0.2, 0.25) is 0 Å². The second kappa shape index (κ2) is 5.76. The molecule has 2 aromatic heterocycles. The minimum absolute atomic E-state index is 0.478. The Hall–Kier alpha value is -1.66. The third-order valence-corrected chi connectivity index (χ3v) is 3.62. The Kier molecular flexibility index (Phi) is 3.84. The van der Waals surface area contributed by atoms with Crippen LogP contribution in [0.25, 0.3) is 0 Å². The SMILES string of the molecule is CC(C)NCc1ccoc1CN1CCn2cnnc2C1. The summed E-state index contributed by atoms with van der Waals surface area (Å²) in [5, 5.41) is 11.5. The van der Waals surface area contributed by atoms with Crippen molar-refractivity contribution in [3.63, 3.8) is 0 Å². The fraction of sp³-hybridized carbons (Fsp3) is 0.571. The van der Waals surface area contributed by atoms with Gasteiger partial charge in [0.1, 0.15) is 17.9 Å². The van der Waals surface area contributed by atoms with Crippen molar-refractivity contribution < 1.29 is 4.42 Å². The fourth-order valence-corrected chi connectivity index (χ4v) is 2.43. The number of furan rings is 1. The van der Waals surface area contributed by atoms with E-state index >= 15 is 0 Å². The second-order valence-electron chi connectivity index (χ2n) is 5.56. The average Bonchev–Trinajstić information content (AvgIpc) is 3.04. The number of nitrogens with one attached hydrogen (secondary N) is 1. The largest absolute Gasteiger partial charge is 0.468 e. The van der Waals surface area contributed by atoms with E-state index in [1.165, 1.54) is 5.56 Å². The average molecular weight is 275 g/mol. The number of aromatic nitrogens is 3. The molecule has 6 nitrogen and oxygen atoms in total. The van der Waals surface area contributed by atoms with Gasteiger partial charge in [0.15, 0.2) is 0 Å². The monoisotopic (exact) mass is 275 g/mol. The standard InChI is InChI=1S/C14H21N5O/c1-11(2)15-7-12-3-6-20-13(12)8-18-4-5-19-10-16-17-14(19)9-18/h3,6,10-11,15H,4-5,7-9H2,1-2H3. The Bertz CT molecular complexity index is 559. The first-order valence-electron chi connectivity index (χ1n) is 7.10. The van der Waals surface area contributed by atoms with E-state index in [4.69, 9.17) is 4.42 Å². The molecule has 0 amide bonds. The van der Waals surface area contributed by atoms with E-state index in [9.17, 15) is 0 Å². The minimum Gasteiger partial charge on any atom is -0.468 e. The van der Waals surface area contributed by atoms with E-state index < -0.39 is 0 Å². The summed E-state index contributed by atoms with van der Waals surface area (Å²) in [7, 11) is 0. The van der Waals surface area contributed by atoms with Crippen molar-refractivity contribution in [2.24, 2.45) is 0 Å². The lowest BCUT2D eigenvalue weighted by atomic mass is 10.2. The molecule has 0 aliphatic carbocycles. The van der Waals surface area contributed by atoms with Crippen molar-refractivity contribution in [3.05, 3.63) is 35.8 Å². The quantitative estimate of drug-likeness (QED) is 0.893. The number of hydrogen-bond donors (Lipinski definition) is 1. The van der Waals surface area contributed by atoms with Crippen LogP contribution in [-0.2, 0) is 26.2 Å². The molecule has 0 atom stereocenters. The first-order chi connectivity index (χ1) is 9.72. The van der Waals surface area contributed by atoms with E-state index in [0.717, 1.165) is 44.3 Å². The van der Waals surface area contributed by atoms with Gasteiger partial charge in [-0.2, -0.15) is 0 Å². The highest BCUT2D eigenvalue weighted by Crippen LogP contribution is 2.17. The third kappa shape index (κ3) is 2.91. The topological polar surface area (TPSA) is 59.1 Å². The molecule has 0 bridgehead atoms. The third-order valence-electron chi connectivity index (χ3n) is 3.62. The molecule has 1 aliphatic heterocycles. The van der Waals surface area contributed by atoms with Gasteiger partial charge < -0.3 is 14.3 Å². The second-order valence-corrected chi connectivity index (χ2v) is 5.56. The van der Waals surface area contributed by atoms with Gasteiger partial charge in [0.2, 0.25) is 0 Å². The molecule has 3 heterocycles. The lowest BCUT2D eigenvalue weighted by molar-refractivity contribution is 0.193. The van der Waals surface area contributed by atoms with Crippen molar-refractivity contribution in [1.82, 2.24) is 25.0 Å². The maximum Gasteiger partial charge on any atom is 0.147 e. The zero-order valence-corrected chi connectivity index (χ0v) is 12.0. The van der Waals surface area contributed by atoms with Crippen LogP contribution in [0.5, 0.6) is 0 Å². The van der Waals surface area contributed by atoms with Gasteiger partial charge >= 0.3 is 0 Å². The van der Waals surface area contributed by atoms with E-state index in [-0.39, 0.29) is 0 Å². The zero-order chi connectivity index (χ0) is 13.9. The molecular weight excluding hydrogens is 254 g/mol. The first kappa shape index (κ1) is 13.3. The number of hydrogen-bond acceptors (Lipinski definition) is 5. The summed E-state index contributed by atoms with van der Waals surface area (Å²) in [6, 6.07) is 2.53. The zero-order valence-electron chi connectivity index (χ0n) is 12.0. The molecule has 0 radical (unpaired) electrons. The molecule has 2 aromatic rings. The molecule has 3 rings (SSSR count). The maximum absolute atomic E-state index is 5.64. The van der Waals surface area contributed by atoms with E-state index in [2.05, 4.69) is 44.9 Å². The predicted octanol–water partition coefficient (Wildman–Crippen LogP) is 1.38. The molecule has 1 aliphatic rings. The summed E-state index contributed by atoms with van der Waals surface area (Å²) in [4.78, 5) is 2.35. The molecule has 0 spiro atoms. The van der Waals surface area contributed by atoms with Crippen molar-refractivity contribution in [3.8, 4) is 0 Å². The number of rotatable bonds is 5. The lowest BCUT2D eigenvalue weighted by Crippen LogP contribution is -2.33. The molecule has 20 heavy (non-hydrogen) atoms. The fourth-order valence-electron chi connectivity index (χ4n) is 2.43. The lowest BCUT2D eigenvalue weighted by Gasteiger charge is -2.26. The first-order valence-corrected chi connectivity index (χ1v) is 7.10. The van der Waals surface area contributed by atoms with Crippen LogP contribution in [0.15, 0.2) is 23.1 Å². The molecule has 0 saturated carbocycles. The van der Waals surface area contributed by atoms with Crippen LogP contribution in [0.3, 0.4) is 0 Å². The van der Waals surface area contributed by atoms with Gasteiger partial charge in [-0.3, -0.25) is 4.90 Å². The molecule has 0 aromatic carbocycles. The maximum atomic E-state index is 5.64. The minimum atomic E-state index is 0.478. The Morgan fingerprint density at radius 2 is 2.30 bits per heavy atom. The Balaban J connectivity index is 1.63. The van der Waals surface area contributed by atoms with E-state index in [1.54, 1.807) is 12.6 Å². The number of nitrogens with zero attached hydrogens (tertiary/aromatic N) is 4. The van der Waals surface area contributed by atoms with Gasteiger partial charge in [-0.1, -0.05) is 13.8 Å². The molecular formula is C14H21N5O. The van der Waals surface area contributed by atoms with Crippen LogP contribution < -0.4 is 5.32 Å². The van der Waals surface area contributed by atoms with Gasteiger partial charge in [0.25, 0.3) is 0 Å². The molecule has 0 unspecified atom stereocenters. The smallest absolute Gasteiger partial charge is 0.147 e. The van der Waals surface area contributed by atoms with Crippen molar-refractivity contribution in [1.29, 1.82) is 0 Å². The van der Waals surface area contributed by atoms with Gasteiger partial charge in [0.05, 0.1) is 19.4 Å². The van der Waals surface area contributed by atoms with Crippen molar-refractivity contribution in [2.45, 2.75) is 46.1 Å². The van der Waals surface area contributed by atoms with Gasteiger partial charge in [-0.05, 0) is 6.07 Å². The Morgan fingerprint density at radius 3 is 3.15 bits per heavy atom. The van der Waals surface area contributed by atoms with Crippen LogP contribution in [0.4, 0.5) is 0 Å². The van der Waals surface area contributed by atoms with Crippen molar-refractivity contribution >= 4 is 0 Å². The van der Waals surface area contributed by atoms with E-state index in [1.807, 2.05) is 0 Å². The highest BCUT2D eigenvalue weighted by molar-refractivity contribution is 5.17. The number of fused-ring (bicyclic) bond motifs is 1. The van der Waals surface area contributed by atoms with Crippen LogP contribution in [0.1, 0.15) is 31.0 Å². The van der Waals surface area contributed by atoms with Crippen LogP contribution in [-0.4, -0.2) is 32.3 Å². The Labute approximate surface area is 118 Å².